The van der Waals surface area contributed by atoms with Crippen molar-refractivity contribution in [2.75, 3.05) is 13.2 Å². The SMILES string of the molecule is CCc1cc(C#N)cc(C)c1OCC(O)CN. The van der Waals surface area contributed by atoms with Crippen molar-refractivity contribution in [2.45, 2.75) is 26.4 Å². The van der Waals surface area contributed by atoms with Crippen LogP contribution in [-0.4, -0.2) is 24.4 Å². The van der Waals surface area contributed by atoms with Crippen molar-refractivity contribution in [2.24, 2.45) is 5.73 Å². The molecule has 0 fully saturated rings. The summed E-state index contributed by atoms with van der Waals surface area (Å²) in [5, 5.41) is 18.3. The van der Waals surface area contributed by atoms with Crippen molar-refractivity contribution in [1.29, 1.82) is 5.26 Å². The largest absolute Gasteiger partial charge is 0.490 e. The lowest BCUT2D eigenvalue weighted by molar-refractivity contribution is 0.113. The van der Waals surface area contributed by atoms with Crippen LogP contribution >= 0.6 is 0 Å². The molecule has 0 bridgehead atoms. The highest BCUT2D eigenvalue weighted by Gasteiger charge is 2.10. The minimum absolute atomic E-state index is 0.177. The summed E-state index contributed by atoms with van der Waals surface area (Å²) in [5.41, 5.74) is 7.83. The van der Waals surface area contributed by atoms with Gasteiger partial charge in [0.25, 0.3) is 0 Å². The monoisotopic (exact) mass is 234 g/mol. The fraction of sp³-hybridized carbons (Fsp3) is 0.462. The van der Waals surface area contributed by atoms with Crippen molar-refractivity contribution in [1.82, 2.24) is 0 Å². The molecule has 4 heteroatoms. The van der Waals surface area contributed by atoms with Gasteiger partial charge in [-0.05, 0) is 36.6 Å². The quantitative estimate of drug-likeness (QED) is 0.800. The lowest BCUT2D eigenvalue weighted by atomic mass is 10.0. The zero-order valence-corrected chi connectivity index (χ0v) is 10.2. The van der Waals surface area contributed by atoms with E-state index in [1.54, 1.807) is 6.07 Å². The molecule has 0 aliphatic heterocycles. The summed E-state index contributed by atoms with van der Waals surface area (Å²) in [7, 11) is 0. The molecule has 0 radical (unpaired) electrons. The summed E-state index contributed by atoms with van der Waals surface area (Å²) in [6, 6.07) is 5.72. The first-order valence-electron chi connectivity index (χ1n) is 5.66. The Balaban J connectivity index is 2.94. The Labute approximate surface area is 102 Å². The fourth-order valence-electron chi connectivity index (χ4n) is 1.63. The Morgan fingerprint density at radius 1 is 1.53 bits per heavy atom. The van der Waals surface area contributed by atoms with E-state index in [4.69, 9.17) is 15.7 Å². The van der Waals surface area contributed by atoms with E-state index < -0.39 is 6.10 Å². The topological polar surface area (TPSA) is 79.3 Å². The summed E-state index contributed by atoms with van der Waals surface area (Å²) in [6.07, 6.45) is 0.125. The van der Waals surface area contributed by atoms with Crippen molar-refractivity contribution >= 4 is 0 Å². The van der Waals surface area contributed by atoms with E-state index in [1.165, 1.54) is 0 Å². The van der Waals surface area contributed by atoms with Gasteiger partial charge in [-0.3, -0.25) is 0 Å². The maximum absolute atomic E-state index is 9.37. The van der Waals surface area contributed by atoms with Crippen LogP contribution in [0.2, 0.25) is 0 Å². The second-order valence-electron chi connectivity index (χ2n) is 3.95. The van der Waals surface area contributed by atoms with E-state index in [2.05, 4.69) is 6.07 Å². The van der Waals surface area contributed by atoms with Crippen LogP contribution in [0.3, 0.4) is 0 Å². The molecule has 0 amide bonds. The van der Waals surface area contributed by atoms with Gasteiger partial charge in [0, 0.05) is 6.54 Å². The molecule has 3 N–H and O–H groups in total. The van der Waals surface area contributed by atoms with Crippen molar-refractivity contribution in [3.8, 4) is 11.8 Å². The van der Waals surface area contributed by atoms with Crippen molar-refractivity contribution < 1.29 is 9.84 Å². The Hall–Kier alpha value is -1.57. The smallest absolute Gasteiger partial charge is 0.125 e. The molecule has 0 saturated carbocycles. The summed E-state index contributed by atoms with van der Waals surface area (Å²) < 4.78 is 5.57. The third kappa shape index (κ3) is 3.45. The highest BCUT2D eigenvalue weighted by atomic mass is 16.5. The van der Waals surface area contributed by atoms with E-state index >= 15 is 0 Å². The summed E-state index contributed by atoms with van der Waals surface area (Å²) in [6.45, 7) is 4.25. The Morgan fingerprint density at radius 2 is 2.24 bits per heavy atom. The van der Waals surface area contributed by atoms with Crippen LogP contribution in [0.25, 0.3) is 0 Å². The molecule has 0 aromatic heterocycles. The Kier molecular flexibility index (Phi) is 4.95. The second kappa shape index (κ2) is 6.24. The number of hydrogen-bond donors (Lipinski definition) is 2. The number of benzene rings is 1. The maximum Gasteiger partial charge on any atom is 0.125 e. The molecule has 17 heavy (non-hydrogen) atoms. The third-order valence-corrected chi connectivity index (χ3v) is 2.55. The van der Waals surface area contributed by atoms with Gasteiger partial charge in [0.1, 0.15) is 18.5 Å². The molecule has 0 aliphatic carbocycles. The van der Waals surface area contributed by atoms with Crippen LogP contribution in [0.5, 0.6) is 5.75 Å². The van der Waals surface area contributed by atoms with Crippen LogP contribution in [-0.2, 0) is 6.42 Å². The first-order valence-corrected chi connectivity index (χ1v) is 5.66. The van der Waals surface area contributed by atoms with Gasteiger partial charge in [-0.25, -0.2) is 0 Å². The molecule has 1 aromatic carbocycles. The average molecular weight is 234 g/mol. The van der Waals surface area contributed by atoms with Crippen LogP contribution in [0.15, 0.2) is 12.1 Å². The molecule has 4 nitrogen and oxygen atoms in total. The molecular formula is C13H18N2O2. The maximum atomic E-state index is 9.37. The van der Waals surface area contributed by atoms with Gasteiger partial charge >= 0.3 is 0 Å². The third-order valence-electron chi connectivity index (χ3n) is 2.55. The Bertz CT molecular complexity index is 424. The lowest BCUT2D eigenvalue weighted by Gasteiger charge is -2.16. The molecule has 0 spiro atoms. The van der Waals surface area contributed by atoms with Gasteiger partial charge in [-0.2, -0.15) is 5.26 Å². The first kappa shape index (κ1) is 13.5. The zero-order valence-electron chi connectivity index (χ0n) is 10.2. The zero-order chi connectivity index (χ0) is 12.8. The van der Waals surface area contributed by atoms with E-state index in [9.17, 15) is 5.11 Å². The predicted octanol–water partition coefficient (Wildman–Crippen LogP) is 1.13. The highest BCUT2D eigenvalue weighted by Crippen LogP contribution is 2.26. The van der Waals surface area contributed by atoms with Crippen LogP contribution in [0.1, 0.15) is 23.6 Å². The second-order valence-corrected chi connectivity index (χ2v) is 3.95. The minimum atomic E-state index is -0.658. The van der Waals surface area contributed by atoms with E-state index in [-0.39, 0.29) is 13.2 Å². The highest BCUT2D eigenvalue weighted by molar-refractivity contribution is 5.47. The molecule has 1 unspecified atom stereocenters. The molecule has 1 atom stereocenters. The predicted molar refractivity (Wildman–Crippen MR) is 65.8 cm³/mol. The lowest BCUT2D eigenvalue weighted by Crippen LogP contribution is -2.27. The molecule has 0 aliphatic rings. The number of aryl methyl sites for hydroxylation is 2. The fourth-order valence-corrected chi connectivity index (χ4v) is 1.63. The van der Waals surface area contributed by atoms with Crippen molar-refractivity contribution in [3.63, 3.8) is 0 Å². The van der Waals surface area contributed by atoms with Crippen LogP contribution in [0, 0.1) is 18.3 Å². The molecule has 1 rings (SSSR count). The normalized spacial score (nSPS) is 11.9. The number of rotatable bonds is 5. The van der Waals surface area contributed by atoms with Gasteiger partial charge in [0.2, 0.25) is 0 Å². The number of nitrogens with zero attached hydrogens (tertiary/aromatic N) is 1. The molecular weight excluding hydrogens is 216 g/mol. The van der Waals surface area contributed by atoms with Gasteiger partial charge in [-0.15, -0.1) is 0 Å². The minimum Gasteiger partial charge on any atom is -0.490 e. The molecule has 1 aromatic rings. The summed E-state index contributed by atoms with van der Waals surface area (Å²) >= 11 is 0. The van der Waals surface area contributed by atoms with Crippen molar-refractivity contribution in [3.05, 3.63) is 28.8 Å². The molecule has 0 saturated heterocycles. The number of aliphatic hydroxyl groups excluding tert-OH is 1. The van der Waals surface area contributed by atoms with E-state index in [0.717, 1.165) is 23.3 Å². The van der Waals surface area contributed by atoms with Gasteiger partial charge < -0.3 is 15.6 Å². The average Bonchev–Trinajstić information content (AvgIpc) is 2.35. The van der Waals surface area contributed by atoms with E-state index in [0.29, 0.717) is 5.56 Å². The number of aliphatic hydroxyl groups is 1. The van der Waals surface area contributed by atoms with E-state index in [1.807, 2.05) is 19.9 Å². The van der Waals surface area contributed by atoms with Gasteiger partial charge in [0.05, 0.1) is 11.6 Å². The standard InChI is InChI=1S/C13H18N2O2/c1-3-11-5-10(6-14)4-9(2)13(11)17-8-12(16)7-15/h4-5,12,16H,3,7-8,15H2,1-2H3. The molecule has 92 valence electrons. The number of nitrogens with two attached hydrogens (primary N) is 1. The van der Waals surface area contributed by atoms with Gasteiger partial charge in [-0.1, -0.05) is 6.92 Å². The number of ether oxygens (including phenoxy) is 1. The van der Waals surface area contributed by atoms with Crippen LogP contribution < -0.4 is 10.5 Å². The molecule has 0 heterocycles. The number of nitriles is 1. The van der Waals surface area contributed by atoms with Crippen LogP contribution in [0.4, 0.5) is 0 Å². The summed E-state index contributed by atoms with van der Waals surface area (Å²) in [4.78, 5) is 0. The first-order chi connectivity index (χ1) is 8.12. The Morgan fingerprint density at radius 3 is 2.76 bits per heavy atom. The summed E-state index contributed by atoms with van der Waals surface area (Å²) in [5.74, 6) is 0.749. The number of hydrogen-bond acceptors (Lipinski definition) is 4. The van der Waals surface area contributed by atoms with Gasteiger partial charge in [0.15, 0.2) is 0 Å².